The summed E-state index contributed by atoms with van der Waals surface area (Å²) in [6.07, 6.45) is 10.6. The third-order valence-corrected chi connectivity index (χ3v) is 5.72. The molecule has 6 nitrogen and oxygen atoms in total. The van der Waals surface area contributed by atoms with Gasteiger partial charge in [0.15, 0.2) is 5.96 Å². The first-order chi connectivity index (χ1) is 13.2. The van der Waals surface area contributed by atoms with Crippen molar-refractivity contribution in [2.75, 3.05) is 39.3 Å². The molecule has 28 heavy (non-hydrogen) atoms. The van der Waals surface area contributed by atoms with Crippen LogP contribution in [0.1, 0.15) is 71.6 Å². The molecule has 0 unspecified atom stereocenters. The Bertz CT molecular complexity index is 446. The Kier molecular flexibility index (Phi) is 13.9. The lowest BCUT2D eigenvalue weighted by Gasteiger charge is -2.32. The van der Waals surface area contributed by atoms with Crippen molar-refractivity contribution in [1.29, 1.82) is 0 Å². The van der Waals surface area contributed by atoms with Gasteiger partial charge < -0.3 is 20.9 Å². The van der Waals surface area contributed by atoms with Gasteiger partial charge in [0.1, 0.15) is 0 Å². The molecule has 2 rings (SSSR count). The van der Waals surface area contributed by atoms with Gasteiger partial charge in [0.25, 0.3) is 0 Å². The average Bonchev–Trinajstić information content (AvgIpc) is 2.68. The standard InChI is InChI=1S/C21H41N5O.HI/c1-3-14-26-15-10-19(11-16-26)25-21(22-4-2)24-13-12-23-20(27)17-18-8-6-5-7-9-18;/h18-19H,3-17H2,1-2H3,(H,23,27)(H2,22,24,25);1H. The van der Waals surface area contributed by atoms with Crippen molar-refractivity contribution in [2.24, 2.45) is 10.9 Å². The molecule has 0 aromatic rings. The van der Waals surface area contributed by atoms with Crippen LogP contribution in [0.4, 0.5) is 0 Å². The maximum Gasteiger partial charge on any atom is 0.220 e. The van der Waals surface area contributed by atoms with E-state index in [1.165, 1.54) is 71.0 Å². The number of piperidine rings is 1. The van der Waals surface area contributed by atoms with E-state index in [0.29, 0.717) is 31.5 Å². The maximum absolute atomic E-state index is 12.1. The Morgan fingerprint density at radius 3 is 2.39 bits per heavy atom. The molecule has 0 aromatic heterocycles. The molecule has 0 atom stereocenters. The van der Waals surface area contributed by atoms with Crippen LogP contribution < -0.4 is 16.0 Å². The third kappa shape index (κ3) is 10.3. The van der Waals surface area contributed by atoms with Crippen LogP contribution in [-0.4, -0.2) is 62.1 Å². The number of carbonyl (C=O) groups excluding carboxylic acids is 1. The molecule has 1 heterocycles. The highest BCUT2D eigenvalue weighted by Crippen LogP contribution is 2.25. The van der Waals surface area contributed by atoms with Crippen molar-refractivity contribution in [3.63, 3.8) is 0 Å². The topological polar surface area (TPSA) is 68.8 Å². The largest absolute Gasteiger partial charge is 0.357 e. The van der Waals surface area contributed by atoms with E-state index in [-0.39, 0.29) is 29.9 Å². The number of nitrogens with zero attached hydrogens (tertiary/aromatic N) is 2. The lowest BCUT2D eigenvalue weighted by atomic mass is 9.87. The van der Waals surface area contributed by atoms with Gasteiger partial charge in [-0.25, -0.2) is 0 Å². The molecule has 1 saturated carbocycles. The minimum atomic E-state index is 0. The summed E-state index contributed by atoms with van der Waals surface area (Å²) in [5.74, 6) is 1.67. The summed E-state index contributed by atoms with van der Waals surface area (Å²) in [5.41, 5.74) is 0. The van der Waals surface area contributed by atoms with Crippen LogP contribution in [0, 0.1) is 5.92 Å². The molecule has 1 aliphatic heterocycles. The zero-order chi connectivity index (χ0) is 19.3. The van der Waals surface area contributed by atoms with Gasteiger partial charge in [0, 0.05) is 38.6 Å². The number of halogens is 1. The zero-order valence-electron chi connectivity index (χ0n) is 18.0. The monoisotopic (exact) mass is 507 g/mol. The van der Waals surface area contributed by atoms with Crippen molar-refractivity contribution in [3.05, 3.63) is 0 Å². The zero-order valence-corrected chi connectivity index (χ0v) is 20.3. The van der Waals surface area contributed by atoms with Crippen molar-refractivity contribution in [1.82, 2.24) is 20.9 Å². The molecule has 1 aliphatic carbocycles. The first kappa shape index (κ1) is 25.5. The summed E-state index contributed by atoms with van der Waals surface area (Å²) in [4.78, 5) is 19.3. The van der Waals surface area contributed by atoms with E-state index >= 15 is 0 Å². The Morgan fingerprint density at radius 2 is 1.75 bits per heavy atom. The van der Waals surface area contributed by atoms with E-state index in [0.717, 1.165) is 12.5 Å². The molecule has 0 spiro atoms. The van der Waals surface area contributed by atoms with Crippen LogP contribution >= 0.6 is 24.0 Å². The molecule has 0 radical (unpaired) electrons. The number of rotatable bonds is 9. The van der Waals surface area contributed by atoms with E-state index in [4.69, 9.17) is 0 Å². The number of guanidine groups is 1. The molecule has 2 fully saturated rings. The fraction of sp³-hybridized carbons (Fsp3) is 0.905. The van der Waals surface area contributed by atoms with Gasteiger partial charge >= 0.3 is 0 Å². The van der Waals surface area contributed by atoms with Gasteiger partial charge in [0.2, 0.25) is 5.91 Å². The molecule has 1 amide bonds. The molecule has 0 bridgehead atoms. The molecule has 0 aromatic carbocycles. The lowest BCUT2D eigenvalue weighted by molar-refractivity contribution is -0.122. The van der Waals surface area contributed by atoms with Gasteiger partial charge in [-0.15, -0.1) is 24.0 Å². The fourth-order valence-electron chi connectivity index (χ4n) is 4.22. The van der Waals surface area contributed by atoms with E-state index in [1.54, 1.807) is 0 Å². The molecule has 7 heteroatoms. The van der Waals surface area contributed by atoms with Gasteiger partial charge in [-0.1, -0.05) is 26.2 Å². The molecular weight excluding hydrogens is 465 g/mol. The highest BCUT2D eigenvalue weighted by molar-refractivity contribution is 14.0. The quantitative estimate of drug-likeness (QED) is 0.194. The predicted molar refractivity (Wildman–Crippen MR) is 128 cm³/mol. The second-order valence-electron chi connectivity index (χ2n) is 8.08. The van der Waals surface area contributed by atoms with Gasteiger partial charge in [-0.3, -0.25) is 9.79 Å². The van der Waals surface area contributed by atoms with Crippen molar-refractivity contribution in [3.8, 4) is 0 Å². The average molecular weight is 508 g/mol. The number of nitrogens with one attached hydrogen (secondary N) is 3. The van der Waals surface area contributed by atoms with Crippen LogP contribution in [0.3, 0.4) is 0 Å². The number of hydrogen-bond acceptors (Lipinski definition) is 3. The predicted octanol–water partition coefficient (Wildman–Crippen LogP) is 3.12. The van der Waals surface area contributed by atoms with Crippen molar-refractivity contribution >= 4 is 35.8 Å². The van der Waals surface area contributed by atoms with Crippen LogP contribution in [-0.2, 0) is 4.79 Å². The summed E-state index contributed by atoms with van der Waals surface area (Å²) < 4.78 is 0. The van der Waals surface area contributed by atoms with Crippen molar-refractivity contribution in [2.45, 2.75) is 77.7 Å². The summed E-state index contributed by atoms with van der Waals surface area (Å²) in [7, 11) is 0. The third-order valence-electron chi connectivity index (χ3n) is 5.72. The molecule has 164 valence electrons. The van der Waals surface area contributed by atoms with Crippen LogP contribution in [0.15, 0.2) is 4.99 Å². The summed E-state index contributed by atoms with van der Waals surface area (Å²) in [6.45, 7) is 9.99. The Hall–Kier alpha value is -0.570. The summed E-state index contributed by atoms with van der Waals surface area (Å²) >= 11 is 0. The van der Waals surface area contributed by atoms with Gasteiger partial charge in [-0.2, -0.15) is 0 Å². The maximum atomic E-state index is 12.1. The Labute approximate surface area is 189 Å². The highest BCUT2D eigenvalue weighted by Gasteiger charge is 2.19. The van der Waals surface area contributed by atoms with E-state index in [2.05, 4.69) is 39.7 Å². The number of hydrogen-bond donors (Lipinski definition) is 3. The lowest BCUT2D eigenvalue weighted by Crippen LogP contribution is -2.49. The first-order valence-electron chi connectivity index (χ1n) is 11.2. The highest BCUT2D eigenvalue weighted by atomic mass is 127. The summed E-state index contributed by atoms with van der Waals surface area (Å²) in [6, 6.07) is 0.497. The number of carbonyl (C=O) groups is 1. The first-order valence-corrected chi connectivity index (χ1v) is 11.2. The number of amides is 1. The van der Waals surface area contributed by atoms with Crippen LogP contribution in [0.2, 0.25) is 0 Å². The molecule has 1 saturated heterocycles. The molecule has 3 N–H and O–H groups in total. The fourth-order valence-corrected chi connectivity index (χ4v) is 4.22. The van der Waals surface area contributed by atoms with E-state index in [1.807, 2.05) is 0 Å². The SMILES string of the molecule is CCCN1CCC(NC(=NCCNC(=O)CC2CCCCC2)NCC)CC1.I. The summed E-state index contributed by atoms with van der Waals surface area (Å²) in [5, 5.41) is 9.95. The second-order valence-corrected chi connectivity index (χ2v) is 8.08. The van der Waals surface area contributed by atoms with E-state index < -0.39 is 0 Å². The second kappa shape index (κ2) is 15.3. The van der Waals surface area contributed by atoms with Gasteiger partial charge in [-0.05, 0) is 51.5 Å². The molecule has 2 aliphatic rings. The van der Waals surface area contributed by atoms with Crippen molar-refractivity contribution < 1.29 is 4.79 Å². The Balaban J connectivity index is 0.00000392. The van der Waals surface area contributed by atoms with E-state index in [9.17, 15) is 4.79 Å². The van der Waals surface area contributed by atoms with Crippen LogP contribution in [0.25, 0.3) is 0 Å². The minimum absolute atomic E-state index is 0. The normalized spacial score (nSPS) is 19.7. The molecular formula is C21H42IN5O. The number of aliphatic imine (C=N–C) groups is 1. The smallest absolute Gasteiger partial charge is 0.220 e. The number of likely N-dealkylation sites (tertiary alicyclic amines) is 1. The Morgan fingerprint density at radius 1 is 1.04 bits per heavy atom. The minimum Gasteiger partial charge on any atom is -0.357 e. The van der Waals surface area contributed by atoms with Crippen LogP contribution in [0.5, 0.6) is 0 Å². The van der Waals surface area contributed by atoms with Gasteiger partial charge in [0.05, 0.1) is 6.54 Å².